The predicted molar refractivity (Wildman–Crippen MR) is 154 cm³/mol. The highest BCUT2D eigenvalue weighted by Crippen LogP contribution is 2.49. The molecule has 2 aromatic heterocycles. The van der Waals surface area contributed by atoms with E-state index in [-0.39, 0.29) is 28.8 Å². The van der Waals surface area contributed by atoms with Crippen LogP contribution in [0.15, 0.2) is 77.4 Å². The summed E-state index contributed by atoms with van der Waals surface area (Å²) in [6, 6.07) is 20.2. The molecule has 1 saturated carbocycles. The molecule has 42 heavy (non-hydrogen) atoms. The average molecular weight is 587 g/mol. The zero-order chi connectivity index (χ0) is 29.4. The van der Waals surface area contributed by atoms with Gasteiger partial charge < -0.3 is 14.4 Å². The number of halogens is 2. The number of rotatable bonds is 9. The van der Waals surface area contributed by atoms with Crippen molar-refractivity contribution in [2.45, 2.75) is 44.8 Å². The lowest BCUT2D eigenvalue weighted by atomic mass is 9.93. The van der Waals surface area contributed by atoms with E-state index in [9.17, 15) is 14.3 Å². The number of aliphatic hydroxyl groups excluding tert-OH is 1. The van der Waals surface area contributed by atoms with Crippen LogP contribution in [0.2, 0.25) is 5.02 Å². The van der Waals surface area contributed by atoms with Crippen LogP contribution < -0.4 is 0 Å². The molecule has 1 N–H and O–H groups in total. The number of carbonyl (C=O) groups excluding carboxylic acids is 1. The maximum absolute atomic E-state index is 14.2. The van der Waals surface area contributed by atoms with Gasteiger partial charge >= 0.3 is 5.97 Å². The van der Waals surface area contributed by atoms with Gasteiger partial charge in [0, 0.05) is 16.1 Å². The fraction of sp³-hybridized carbons (Fsp3) is 0.250. The summed E-state index contributed by atoms with van der Waals surface area (Å²) in [7, 11) is 0. The van der Waals surface area contributed by atoms with Gasteiger partial charge in [-0.15, -0.1) is 5.10 Å². The fourth-order valence-corrected chi connectivity index (χ4v) is 5.44. The lowest BCUT2D eigenvalue weighted by Gasteiger charge is -2.14. The number of esters is 1. The molecule has 0 spiro atoms. The number of benzene rings is 3. The van der Waals surface area contributed by atoms with Crippen molar-refractivity contribution in [1.82, 2.24) is 20.2 Å². The molecule has 1 unspecified atom stereocenters. The molecule has 3 aromatic carbocycles. The maximum Gasteiger partial charge on any atom is 0.316 e. The molecule has 1 aliphatic rings. The quantitative estimate of drug-likeness (QED) is 0.199. The van der Waals surface area contributed by atoms with Crippen LogP contribution in [-0.4, -0.2) is 37.8 Å². The van der Waals surface area contributed by atoms with Gasteiger partial charge in [-0.1, -0.05) is 76.6 Å². The predicted octanol–water partition coefficient (Wildman–Crippen LogP) is 6.43. The second kappa shape index (κ2) is 11.2. The van der Waals surface area contributed by atoms with E-state index in [4.69, 9.17) is 20.9 Å². The van der Waals surface area contributed by atoms with Crippen LogP contribution >= 0.6 is 11.6 Å². The van der Waals surface area contributed by atoms with Gasteiger partial charge in [0.2, 0.25) is 0 Å². The first-order valence-corrected chi connectivity index (χ1v) is 14.0. The Morgan fingerprint density at radius 1 is 1.10 bits per heavy atom. The molecule has 1 aliphatic carbocycles. The molecule has 214 valence electrons. The van der Waals surface area contributed by atoms with Crippen molar-refractivity contribution in [1.29, 1.82) is 0 Å². The smallest absolute Gasteiger partial charge is 0.316 e. The van der Waals surface area contributed by atoms with E-state index in [0.29, 0.717) is 23.6 Å². The number of aliphatic hydroxyl groups is 1. The lowest BCUT2D eigenvalue weighted by Crippen LogP contribution is -2.23. The standard InChI is InChI=1S/C32H28ClFN4O4/c1-3-41-31(40)32(15-16-32)23-13-11-21(12-14-23)20-7-9-22(10-8-20)30-28(19(2)36-42-30)29(39)27-18-38(37-35-27)17-24-25(33)5-4-6-26(24)34/h4-14,18,29,39H,3,15-17H2,1-2H3. The highest BCUT2D eigenvalue weighted by molar-refractivity contribution is 6.31. The van der Waals surface area contributed by atoms with Crippen molar-refractivity contribution in [3.63, 3.8) is 0 Å². The fourth-order valence-electron chi connectivity index (χ4n) is 5.22. The van der Waals surface area contributed by atoms with E-state index in [2.05, 4.69) is 15.5 Å². The second-order valence-corrected chi connectivity index (χ2v) is 10.8. The molecule has 1 atom stereocenters. The largest absolute Gasteiger partial charge is 0.465 e. The number of ether oxygens (including phenoxy) is 1. The Kier molecular flexibility index (Phi) is 7.38. The van der Waals surface area contributed by atoms with Crippen molar-refractivity contribution in [3.8, 4) is 22.5 Å². The monoisotopic (exact) mass is 586 g/mol. The van der Waals surface area contributed by atoms with Crippen LogP contribution in [-0.2, 0) is 21.5 Å². The molecule has 10 heteroatoms. The molecule has 1 fully saturated rings. The second-order valence-electron chi connectivity index (χ2n) is 10.4. The first kappa shape index (κ1) is 27.8. The van der Waals surface area contributed by atoms with E-state index in [0.717, 1.165) is 35.1 Å². The molecule has 2 heterocycles. The molecule has 0 aliphatic heterocycles. The lowest BCUT2D eigenvalue weighted by molar-refractivity contribution is -0.146. The van der Waals surface area contributed by atoms with Crippen LogP contribution in [0.1, 0.15) is 53.9 Å². The summed E-state index contributed by atoms with van der Waals surface area (Å²) >= 11 is 6.15. The summed E-state index contributed by atoms with van der Waals surface area (Å²) in [6.45, 7) is 4.00. The number of carbonyl (C=O) groups is 1. The van der Waals surface area contributed by atoms with Gasteiger partial charge in [0.05, 0.1) is 36.0 Å². The molecular weight excluding hydrogens is 559 g/mol. The third kappa shape index (κ3) is 5.10. The molecular formula is C32H28ClFN4O4. The van der Waals surface area contributed by atoms with Crippen molar-refractivity contribution >= 4 is 17.6 Å². The summed E-state index contributed by atoms with van der Waals surface area (Å²) in [5.41, 5.74) is 4.73. The van der Waals surface area contributed by atoms with Gasteiger partial charge in [-0.05, 0) is 55.5 Å². The van der Waals surface area contributed by atoms with Crippen molar-refractivity contribution in [3.05, 3.63) is 112 Å². The first-order valence-electron chi connectivity index (χ1n) is 13.7. The van der Waals surface area contributed by atoms with Gasteiger partial charge in [0.15, 0.2) is 5.76 Å². The normalized spacial score (nSPS) is 14.5. The van der Waals surface area contributed by atoms with E-state index < -0.39 is 17.3 Å². The Hall–Kier alpha value is -4.34. The molecule has 0 saturated heterocycles. The maximum atomic E-state index is 14.2. The van der Waals surface area contributed by atoms with Gasteiger partial charge in [-0.25, -0.2) is 9.07 Å². The van der Waals surface area contributed by atoms with Gasteiger partial charge in [0.1, 0.15) is 17.6 Å². The van der Waals surface area contributed by atoms with Gasteiger partial charge in [-0.2, -0.15) is 0 Å². The van der Waals surface area contributed by atoms with Crippen LogP contribution in [0.4, 0.5) is 4.39 Å². The van der Waals surface area contributed by atoms with Gasteiger partial charge in [0.25, 0.3) is 0 Å². The summed E-state index contributed by atoms with van der Waals surface area (Å²) in [6.07, 6.45) is 1.99. The average Bonchev–Trinajstić information content (AvgIpc) is 3.53. The Bertz CT molecular complexity index is 1720. The van der Waals surface area contributed by atoms with E-state index in [1.165, 1.54) is 16.8 Å². The number of aryl methyl sites for hydroxylation is 1. The molecule has 6 rings (SSSR count). The minimum atomic E-state index is -1.17. The van der Waals surface area contributed by atoms with Crippen LogP contribution in [0.3, 0.4) is 0 Å². The minimum Gasteiger partial charge on any atom is -0.465 e. The summed E-state index contributed by atoms with van der Waals surface area (Å²) in [5, 5.41) is 23.8. The van der Waals surface area contributed by atoms with Crippen LogP contribution in [0.5, 0.6) is 0 Å². The Labute approximate surface area is 246 Å². The third-order valence-corrected chi connectivity index (χ3v) is 8.09. The molecule has 0 amide bonds. The summed E-state index contributed by atoms with van der Waals surface area (Å²) < 4.78 is 26.6. The van der Waals surface area contributed by atoms with E-state index in [1.807, 2.05) is 55.5 Å². The van der Waals surface area contributed by atoms with E-state index >= 15 is 0 Å². The highest BCUT2D eigenvalue weighted by Gasteiger charge is 2.52. The first-order chi connectivity index (χ1) is 20.3. The SMILES string of the molecule is CCOC(=O)C1(c2ccc(-c3ccc(-c4onc(C)c4C(O)c4cn(Cc5c(F)cccc5Cl)nn4)cc3)cc2)CC1. The number of nitrogens with zero attached hydrogens (tertiary/aromatic N) is 4. The number of hydrogen-bond acceptors (Lipinski definition) is 7. The molecule has 0 bridgehead atoms. The highest BCUT2D eigenvalue weighted by atomic mass is 35.5. The third-order valence-electron chi connectivity index (χ3n) is 7.73. The minimum absolute atomic E-state index is 0.0625. The van der Waals surface area contributed by atoms with Crippen LogP contribution in [0.25, 0.3) is 22.5 Å². The molecule has 5 aromatic rings. The topological polar surface area (TPSA) is 103 Å². The Morgan fingerprint density at radius 3 is 2.40 bits per heavy atom. The zero-order valence-electron chi connectivity index (χ0n) is 23.1. The zero-order valence-corrected chi connectivity index (χ0v) is 23.8. The summed E-state index contributed by atoms with van der Waals surface area (Å²) in [4.78, 5) is 12.4. The van der Waals surface area contributed by atoms with Gasteiger partial charge in [-0.3, -0.25) is 4.79 Å². The summed E-state index contributed by atoms with van der Waals surface area (Å²) in [5.74, 6) is -0.182. The van der Waals surface area contributed by atoms with Crippen molar-refractivity contribution in [2.24, 2.45) is 0 Å². The molecule has 0 radical (unpaired) electrons. The number of hydrogen-bond donors (Lipinski definition) is 1. The Morgan fingerprint density at radius 2 is 1.76 bits per heavy atom. The number of aromatic nitrogens is 4. The van der Waals surface area contributed by atoms with Crippen LogP contribution in [0, 0.1) is 12.7 Å². The van der Waals surface area contributed by atoms with Crippen molar-refractivity contribution in [2.75, 3.05) is 6.61 Å². The van der Waals surface area contributed by atoms with Crippen molar-refractivity contribution < 1.29 is 23.6 Å². The Balaban J connectivity index is 1.21. The molecule has 8 nitrogen and oxygen atoms in total. The van der Waals surface area contributed by atoms with E-state index in [1.54, 1.807) is 19.2 Å².